The van der Waals surface area contributed by atoms with Crippen LogP contribution in [0.2, 0.25) is 18.9 Å². The first-order valence-corrected chi connectivity index (χ1v) is 12.7. The van der Waals surface area contributed by atoms with Gasteiger partial charge in [0.05, 0.1) is 0 Å². The van der Waals surface area contributed by atoms with E-state index in [2.05, 4.69) is 27.7 Å². The van der Waals surface area contributed by atoms with Crippen LogP contribution < -0.4 is 0 Å². The van der Waals surface area contributed by atoms with Crippen LogP contribution in [0.25, 0.3) is 0 Å². The summed E-state index contributed by atoms with van der Waals surface area (Å²) in [4.78, 5) is 0. The van der Waals surface area contributed by atoms with Crippen LogP contribution in [0.4, 0.5) is 0 Å². The van der Waals surface area contributed by atoms with Crippen LogP contribution >= 0.6 is 0 Å². The van der Waals surface area contributed by atoms with Gasteiger partial charge in [-0.2, -0.15) is 0 Å². The topological polar surface area (TPSA) is 0 Å². The molecule has 0 aliphatic rings. The molecule has 0 radical (unpaired) electrons. The summed E-state index contributed by atoms with van der Waals surface area (Å²) >= 11 is -1.43. The molecule has 0 aromatic carbocycles. The summed E-state index contributed by atoms with van der Waals surface area (Å²) in [6.45, 7) is 9.47. The summed E-state index contributed by atoms with van der Waals surface area (Å²) in [5.41, 5.74) is 0. The average molecular weight is 276 g/mol. The Hall–Kier alpha value is 0.714. The third-order valence-corrected chi connectivity index (χ3v) is 13.1. The Kier molecular flexibility index (Phi) is 12.3. The Morgan fingerprint density at radius 2 is 0.706 bits per heavy atom. The van der Waals surface area contributed by atoms with E-state index < -0.39 is 16.6 Å². The van der Waals surface area contributed by atoms with E-state index in [1.54, 1.807) is 18.9 Å². The van der Waals surface area contributed by atoms with Crippen LogP contribution in [0.5, 0.6) is 0 Å². The number of hydrogen-bond donors (Lipinski definition) is 0. The van der Waals surface area contributed by atoms with Gasteiger partial charge in [0.2, 0.25) is 0 Å². The van der Waals surface area contributed by atoms with Crippen molar-refractivity contribution in [2.45, 2.75) is 98.0 Å². The molecule has 0 heterocycles. The summed E-state index contributed by atoms with van der Waals surface area (Å²) in [6.07, 6.45) is 11.8. The number of unbranched alkanes of at least 4 members (excludes halogenated alkanes) is 4. The van der Waals surface area contributed by atoms with Crippen LogP contribution in [0.15, 0.2) is 0 Å². The molecule has 104 valence electrons. The second-order valence-electron chi connectivity index (χ2n) is 5.91. The molecule has 0 N–H and O–H groups in total. The Balaban J connectivity index is 4.39. The molecular weight excluding hydrogens is 240 g/mol. The minimum absolute atomic E-state index is 1.41. The number of hydrogen-bond acceptors (Lipinski definition) is 0. The third-order valence-electron chi connectivity index (χ3n) is 4.24. The van der Waals surface area contributed by atoms with Gasteiger partial charge in [0.15, 0.2) is 0 Å². The zero-order chi connectivity index (χ0) is 13.0. The van der Waals surface area contributed by atoms with E-state index in [9.17, 15) is 0 Å². The van der Waals surface area contributed by atoms with Gasteiger partial charge in [-0.05, 0) is 0 Å². The monoisotopic (exact) mass is 276 g/mol. The molecule has 0 amide bonds. The molecule has 0 saturated heterocycles. The van der Waals surface area contributed by atoms with E-state index in [0.29, 0.717) is 0 Å². The fourth-order valence-corrected chi connectivity index (χ4v) is 12.2. The predicted molar refractivity (Wildman–Crippen MR) is 78.9 cm³/mol. The van der Waals surface area contributed by atoms with E-state index in [1.807, 2.05) is 0 Å². The Morgan fingerprint density at radius 3 is 0.882 bits per heavy atom. The third kappa shape index (κ3) is 8.43. The van der Waals surface area contributed by atoms with Gasteiger partial charge in [-0.25, -0.2) is 0 Å². The second-order valence-corrected chi connectivity index (χ2v) is 13.7. The molecule has 0 aromatic heterocycles. The molecule has 0 spiro atoms. The zero-order valence-electron chi connectivity index (χ0n) is 13.0. The molecule has 0 bridgehead atoms. The van der Waals surface area contributed by atoms with E-state index >= 15 is 0 Å². The molecule has 0 saturated carbocycles. The molecule has 17 heavy (non-hydrogen) atoms. The maximum absolute atomic E-state index is 2.37. The number of rotatable bonds is 12. The van der Waals surface area contributed by atoms with E-state index in [-0.39, 0.29) is 0 Å². The van der Waals surface area contributed by atoms with Gasteiger partial charge in [0.25, 0.3) is 0 Å². The van der Waals surface area contributed by atoms with Gasteiger partial charge in [-0.15, -0.1) is 0 Å². The van der Waals surface area contributed by atoms with E-state index in [0.717, 1.165) is 0 Å². The predicted octanol–water partition coefficient (Wildman–Crippen LogP) is 7.01. The van der Waals surface area contributed by atoms with Crippen molar-refractivity contribution in [1.82, 2.24) is 0 Å². The summed E-state index contributed by atoms with van der Waals surface area (Å²) < 4.78 is 6.71. The Bertz CT molecular complexity index is 116. The van der Waals surface area contributed by atoms with Gasteiger partial charge in [0.1, 0.15) is 0 Å². The molecule has 0 aliphatic carbocycles. The summed E-state index contributed by atoms with van der Waals surface area (Å²) in [7, 11) is 0. The van der Waals surface area contributed by atoms with Gasteiger partial charge in [0, 0.05) is 0 Å². The normalized spacial score (nSPS) is 12.0. The standard InChI is InChI=1S/4C4H9.Ti/c4*1-3-4-2;/h4*1,3-4H2,2H3;. The fourth-order valence-electron chi connectivity index (χ4n) is 2.96. The molecule has 0 rings (SSSR count). The van der Waals surface area contributed by atoms with Crippen molar-refractivity contribution < 1.29 is 16.6 Å². The molecule has 0 fully saturated rings. The van der Waals surface area contributed by atoms with Crippen LogP contribution in [-0.2, 0) is 16.6 Å². The first kappa shape index (κ1) is 17.7. The van der Waals surface area contributed by atoms with Gasteiger partial charge in [-0.1, -0.05) is 0 Å². The van der Waals surface area contributed by atoms with Gasteiger partial charge in [-0.3, -0.25) is 0 Å². The fraction of sp³-hybridized carbons (Fsp3) is 1.00. The van der Waals surface area contributed by atoms with Crippen LogP contribution in [0.1, 0.15) is 79.1 Å². The first-order chi connectivity index (χ1) is 8.24. The van der Waals surface area contributed by atoms with Crippen molar-refractivity contribution in [2.24, 2.45) is 0 Å². The molecule has 0 atom stereocenters. The molecule has 0 unspecified atom stereocenters. The quantitative estimate of drug-likeness (QED) is 0.336. The average Bonchev–Trinajstić information content (AvgIpc) is 2.37. The van der Waals surface area contributed by atoms with Crippen molar-refractivity contribution in [3.05, 3.63) is 0 Å². The van der Waals surface area contributed by atoms with Crippen molar-refractivity contribution in [2.75, 3.05) is 0 Å². The zero-order valence-corrected chi connectivity index (χ0v) is 14.5. The summed E-state index contributed by atoms with van der Waals surface area (Å²) in [5, 5.41) is 0. The second kappa shape index (κ2) is 11.8. The van der Waals surface area contributed by atoms with Crippen LogP contribution in [-0.4, -0.2) is 0 Å². The van der Waals surface area contributed by atoms with Crippen LogP contribution in [0.3, 0.4) is 0 Å². The first-order valence-electron chi connectivity index (χ1n) is 8.24. The summed E-state index contributed by atoms with van der Waals surface area (Å²) in [5.74, 6) is 0. The van der Waals surface area contributed by atoms with Crippen LogP contribution in [0, 0.1) is 0 Å². The molecule has 0 aromatic rings. The molecular formula is C16H36Ti. The Morgan fingerprint density at radius 1 is 0.471 bits per heavy atom. The van der Waals surface area contributed by atoms with E-state index in [1.165, 1.54) is 51.4 Å². The van der Waals surface area contributed by atoms with E-state index in [4.69, 9.17) is 0 Å². The SMILES string of the molecule is CCC[CH2][Ti]([CH2]CCC)([CH2]CCC)[CH2]CCC. The van der Waals surface area contributed by atoms with Crippen molar-refractivity contribution in [1.29, 1.82) is 0 Å². The van der Waals surface area contributed by atoms with Crippen molar-refractivity contribution >= 4 is 0 Å². The molecule has 0 nitrogen and oxygen atoms in total. The molecule has 0 aliphatic heterocycles. The van der Waals surface area contributed by atoms with Crippen molar-refractivity contribution in [3.63, 3.8) is 0 Å². The summed E-state index contributed by atoms with van der Waals surface area (Å²) in [6, 6.07) is 0. The van der Waals surface area contributed by atoms with Gasteiger partial charge < -0.3 is 0 Å². The molecule has 1 heteroatoms. The minimum atomic E-state index is -1.43. The van der Waals surface area contributed by atoms with Crippen molar-refractivity contribution in [3.8, 4) is 0 Å². The van der Waals surface area contributed by atoms with Gasteiger partial charge >= 0.3 is 115 Å². The maximum atomic E-state index is 2.37. The Labute approximate surface area is 114 Å².